The molecule has 1 N–H and O–H groups in total. The van der Waals surface area contributed by atoms with Gasteiger partial charge in [-0.3, -0.25) is 4.57 Å². The fourth-order valence-corrected chi connectivity index (χ4v) is 3.01. The summed E-state index contributed by atoms with van der Waals surface area (Å²) in [5.74, 6) is 1.17. The molecule has 0 saturated heterocycles. The van der Waals surface area contributed by atoms with Crippen LogP contribution < -0.4 is 5.32 Å². The van der Waals surface area contributed by atoms with Crippen molar-refractivity contribution in [2.24, 2.45) is 0 Å². The van der Waals surface area contributed by atoms with Gasteiger partial charge in [0.15, 0.2) is 0 Å². The Kier molecular flexibility index (Phi) is 3.62. The van der Waals surface area contributed by atoms with E-state index in [-0.39, 0.29) is 5.41 Å². The topological polar surface area (TPSA) is 29.9 Å². The molecule has 3 nitrogen and oxygen atoms in total. The maximum absolute atomic E-state index is 4.95. The van der Waals surface area contributed by atoms with Crippen LogP contribution in [0.5, 0.6) is 0 Å². The van der Waals surface area contributed by atoms with Gasteiger partial charge in [0.25, 0.3) is 0 Å². The summed E-state index contributed by atoms with van der Waals surface area (Å²) in [6, 6.07) is 8.87. The summed E-state index contributed by atoms with van der Waals surface area (Å²) in [5.41, 5.74) is 5.28. The molecule has 1 aromatic carbocycles. The van der Waals surface area contributed by atoms with Gasteiger partial charge in [0.05, 0.1) is 5.69 Å². The molecule has 2 heterocycles. The summed E-state index contributed by atoms with van der Waals surface area (Å²) in [7, 11) is 0. The van der Waals surface area contributed by atoms with Crippen molar-refractivity contribution in [1.82, 2.24) is 14.9 Å². The maximum atomic E-state index is 4.95. The monoisotopic (exact) mass is 283 g/mol. The van der Waals surface area contributed by atoms with E-state index in [0.717, 1.165) is 25.9 Å². The molecule has 2 aromatic rings. The highest BCUT2D eigenvalue weighted by Crippen LogP contribution is 2.29. The van der Waals surface area contributed by atoms with Gasteiger partial charge in [-0.05, 0) is 24.1 Å². The van der Waals surface area contributed by atoms with Crippen LogP contribution in [0.25, 0.3) is 5.69 Å². The van der Waals surface area contributed by atoms with Crippen LogP contribution in [-0.4, -0.2) is 16.1 Å². The van der Waals surface area contributed by atoms with Crippen molar-refractivity contribution in [1.29, 1.82) is 0 Å². The molecule has 0 saturated carbocycles. The highest BCUT2D eigenvalue weighted by atomic mass is 15.1. The summed E-state index contributed by atoms with van der Waals surface area (Å²) in [6.07, 6.45) is 2.12. The summed E-state index contributed by atoms with van der Waals surface area (Å²) < 4.78 is 2.40. The lowest BCUT2D eigenvalue weighted by Crippen LogP contribution is -2.25. The molecular weight excluding hydrogens is 258 g/mol. The van der Waals surface area contributed by atoms with Crippen LogP contribution in [0.4, 0.5) is 0 Å². The second-order valence-corrected chi connectivity index (χ2v) is 6.86. The number of hydrogen-bond acceptors (Lipinski definition) is 2. The number of rotatable bonds is 2. The summed E-state index contributed by atoms with van der Waals surface area (Å²) in [6.45, 7) is 10.9. The number of nitrogens with zero attached hydrogens (tertiary/aromatic N) is 2. The molecule has 0 bridgehead atoms. The number of hydrogen-bond donors (Lipinski definition) is 1. The van der Waals surface area contributed by atoms with Gasteiger partial charge in [-0.15, -0.1) is 0 Å². The lowest BCUT2D eigenvalue weighted by atomic mass is 9.95. The highest BCUT2D eigenvalue weighted by Gasteiger charge is 2.27. The van der Waals surface area contributed by atoms with E-state index in [2.05, 4.69) is 61.8 Å². The second-order valence-electron chi connectivity index (χ2n) is 6.86. The lowest BCUT2D eigenvalue weighted by Gasteiger charge is -2.22. The average Bonchev–Trinajstić information content (AvgIpc) is 2.87. The van der Waals surface area contributed by atoms with Crippen LogP contribution in [0.15, 0.2) is 24.3 Å². The van der Waals surface area contributed by atoms with E-state index < -0.39 is 0 Å². The van der Waals surface area contributed by atoms with E-state index in [1.54, 1.807) is 0 Å². The molecule has 112 valence electrons. The number of benzene rings is 1. The minimum atomic E-state index is 0.0412. The Morgan fingerprint density at radius 3 is 2.81 bits per heavy atom. The van der Waals surface area contributed by atoms with Gasteiger partial charge in [-0.25, -0.2) is 4.98 Å². The lowest BCUT2D eigenvalue weighted by molar-refractivity contribution is 0.533. The van der Waals surface area contributed by atoms with E-state index in [0.29, 0.717) is 0 Å². The molecule has 21 heavy (non-hydrogen) atoms. The van der Waals surface area contributed by atoms with Crippen molar-refractivity contribution >= 4 is 0 Å². The summed E-state index contributed by atoms with van der Waals surface area (Å²) >= 11 is 0. The Morgan fingerprint density at radius 2 is 2.10 bits per heavy atom. The molecule has 0 fully saturated rings. The normalized spacial score (nSPS) is 15.0. The van der Waals surface area contributed by atoms with Crippen molar-refractivity contribution in [2.45, 2.75) is 52.5 Å². The number of aromatic nitrogens is 2. The third-order valence-corrected chi connectivity index (χ3v) is 4.13. The molecule has 0 amide bonds. The molecular formula is C18H25N3. The molecule has 1 aromatic heterocycles. The van der Waals surface area contributed by atoms with Crippen molar-refractivity contribution in [2.75, 3.05) is 6.54 Å². The zero-order valence-electron chi connectivity index (χ0n) is 13.5. The minimum Gasteiger partial charge on any atom is -0.311 e. The Balaban J connectivity index is 2.21. The van der Waals surface area contributed by atoms with Gasteiger partial charge in [0.2, 0.25) is 0 Å². The van der Waals surface area contributed by atoms with E-state index >= 15 is 0 Å². The maximum Gasteiger partial charge on any atom is 0.119 e. The van der Waals surface area contributed by atoms with Crippen LogP contribution in [-0.2, 0) is 24.8 Å². The predicted octanol–water partition coefficient (Wildman–Crippen LogP) is 3.38. The molecule has 0 radical (unpaired) electrons. The van der Waals surface area contributed by atoms with Gasteiger partial charge in [-0.1, -0.05) is 39.8 Å². The largest absolute Gasteiger partial charge is 0.311 e. The summed E-state index contributed by atoms with van der Waals surface area (Å²) in [5, 5.41) is 3.43. The molecule has 3 rings (SSSR count). The average molecular weight is 283 g/mol. The van der Waals surface area contributed by atoms with E-state index in [9.17, 15) is 0 Å². The predicted molar refractivity (Wildman–Crippen MR) is 87.1 cm³/mol. The Hall–Kier alpha value is -1.61. The quantitative estimate of drug-likeness (QED) is 0.915. The van der Waals surface area contributed by atoms with Crippen molar-refractivity contribution in [3.8, 4) is 5.69 Å². The first-order valence-corrected chi connectivity index (χ1v) is 7.91. The first kappa shape index (κ1) is 14.3. The third-order valence-electron chi connectivity index (χ3n) is 4.13. The van der Waals surface area contributed by atoms with E-state index in [1.807, 2.05) is 0 Å². The molecule has 3 heteroatoms. The van der Waals surface area contributed by atoms with Crippen molar-refractivity contribution in [3.05, 3.63) is 47.0 Å². The Morgan fingerprint density at radius 1 is 1.29 bits per heavy atom. The van der Waals surface area contributed by atoms with Gasteiger partial charge >= 0.3 is 0 Å². The molecule has 0 spiro atoms. The molecule has 1 aliphatic heterocycles. The SMILES string of the molecule is CCc1cccc(-n2c(C(C)(C)C)nc3c2CCNC3)c1. The standard InChI is InChI=1S/C18H25N3/c1-5-13-7-6-8-14(11-13)21-16-9-10-19-12-15(16)20-17(21)18(2,3)4/h6-8,11,19H,5,9-10,12H2,1-4H3. The fraction of sp³-hybridized carbons (Fsp3) is 0.500. The van der Waals surface area contributed by atoms with Crippen molar-refractivity contribution in [3.63, 3.8) is 0 Å². The smallest absolute Gasteiger partial charge is 0.119 e. The number of fused-ring (bicyclic) bond motifs is 1. The summed E-state index contributed by atoms with van der Waals surface area (Å²) in [4.78, 5) is 4.95. The molecule has 1 aliphatic rings. The van der Waals surface area contributed by atoms with Gasteiger partial charge in [0, 0.05) is 36.3 Å². The first-order valence-electron chi connectivity index (χ1n) is 7.91. The number of aryl methyl sites for hydroxylation is 1. The molecule has 0 unspecified atom stereocenters. The van der Waals surface area contributed by atoms with Gasteiger partial charge in [0.1, 0.15) is 5.82 Å². The van der Waals surface area contributed by atoms with Crippen LogP contribution in [0.1, 0.15) is 50.5 Å². The van der Waals surface area contributed by atoms with Crippen LogP contribution >= 0.6 is 0 Å². The van der Waals surface area contributed by atoms with Gasteiger partial charge in [-0.2, -0.15) is 0 Å². The minimum absolute atomic E-state index is 0.0412. The second kappa shape index (κ2) is 5.30. The zero-order chi connectivity index (χ0) is 15.0. The molecule has 0 atom stereocenters. The number of nitrogens with one attached hydrogen (secondary N) is 1. The van der Waals surface area contributed by atoms with Crippen LogP contribution in [0.3, 0.4) is 0 Å². The highest BCUT2D eigenvalue weighted by molar-refractivity contribution is 5.42. The zero-order valence-corrected chi connectivity index (χ0v) is 13.5. The Bertz CT molecular complexity index is 647. The molecule has 0 aliphatic carbocycles. The van der Waals surface area contributed by atoms with Crippen LogP contribution in [0, 0.1) is 0 Å². The van der Waals surface area contributed by atoms with Crippen LogP contribution in [0.2, 0.25) is 0 Å². The van der Waals surface area contributed by atoms with Crippen molar-refractivity contribution < 1.29 is 0 Å². The van der Waals surface area contributed by atoms with E-state index in [4.69, 9.17) is 4.98 Å². The number of imidazole rings is 1. The van der Waals surface area contributed by atoms with Gasteiger partial charge < -0.3 is 5.32 Å². The third kappa shape index (κ3) is 2.62. The van der Waals surface area contributed by atoms with E-state index in [1.165, 1.54) is 28.5 Å². The fourth-order valence-electron chi connectivity index (χ4n) is 3.01. The first-order chi connectivity index (χ1) is 10.0. The Labute approximate surface area is 127 Å².